The molecule has 2 N–H and O–H groups in total. The molecule has 0 aromatic heterocycles. The smallest absolute Gasteiger partial charge is 0.264 e. The lowest BCUT2D eigenvalue weighted by atomic mass is 9.96. The first-order valence-electron chi connectivity index (χ1n) is 13.6. The Balaban J connectivity index is 1.34. The fourth-order valence-electron chi connectivity index (χ4n) is 4.98. The number of piperidine rings is 1. The molecule has 0 radical (unpaired) electrons. The first-order valence-corrected chi connectivity index (χ1v) is 15.1. The van der Waals surface area contributed by atoms with Gasteiger partial charge in [0.15, 0.2) is 0 Å². The Morgan fingerprint density at radius 2 is 1.41 bits per heavy atom. The number of amides is 3. The molecule has 1 unspecified atom stereocenters. The van der Waals surface area contributed by atoms with Crippen LogP contribution < -0.4 is 10.0 Å². The summed E-state index contributed by atoms with van der Waals surface area (Å²) in [4.78, 5) is 41.1. The zero-order valence-electron chi connectivity index (χ0n) is 22.5. The molecule has 1 fully saturated rings. The topological polar surface area (TPSA) is 113 Å². The first-order chi connectivity index (χ1) is 19.8. The van der Waals surface area contributed by atoms with Crippen LogP contribution in [-0.4, -0.2) is 44.1 Å². The van der Waals surface area contributed by atoms with Crippen molar-refractivity contribution >= 4 is 44.2 Å². The summed E-state index contributed by atoms with van der Waals surface area (Å²) in [6.45, 7) is 1.06. The number of carbonyl (C=O) groups is 3. The zero-order valence-corrected chi connectivity index (χ0v) is 23.3. The highest BCUT2D eigenvalue weighted by atomic mass is 32.2. The molecule has 41 heavy (non-hydrogen) atoms. The van der Waals surface area contributed by atoms with Crippen molar-refractivity contribution in [1.29, 1.82) is 0 Å². The van der Waals surface area contributed by atoms with Crippen molar-refractivity contribution in [3.63, 3.8) is 0 Å². The number of anilines is 1. The fraction of sp³-hybridized carbons (Fsp3) is 0.219. The van der Waals surface area contributed by atoms with Gasteiger partial charge >= 0.3 is 0 Å². The Morgan fingerprint density at radius 1 is 0.756 bits per heavy atom. The van der Waals surface area contributed by atoms with Gasteiger partial charge in [0.05, 0.1) is 4.90 Å². The van der Waals surface area contributed by atoms with Crippen molar-refractivity contribution in [3.8, 4) is 0 Å². The molecule has 1 saturated heterocycles. The Labute approximate surface area is 239 Å². The average Bonchev–Trinajstić information content (AvgIpc) is 3.00. The summed E-state index contributed by atoms with van der Waals surface area (Å²) in [7, 11) is -4.22. The molecule has 1 heterocycles. The molecule has 4 aromatic carbocycles. The van der Waals surface area contributed by atoms with Crippen LogP contribution in [0.5, 0.6) is 0 Å². The van der Waals surface area contributed by atoms with Gasteiger partial charge in [0, 0.05) is 24.3 Å². The summed E-state index contributed by atoms with van der Waals surface area (Å²) in [6.07, 6.45) is 2.70. The summed E-state index contributed by atoms with van der Waals surface area (Å²) in [5, 5.41) is 4.42. The second-order valence-electron chi connectivity index (χ2n) is 10.1. The van der Waals surface area contributed by atoms with Gasteiger partial charge in [0.2, 0.25) is 11.8 Å². The average molecular weight is 570 g/mol. The maximum Gasteiger partial charge on any atom is 0.264 e. The van der Waals surface area contributed by atoms with Crippen molar-refractivity contribution in [2.75, 3.05) is 18.4 Å². The van der Waals surface area contributed by atoms with Crippen LogP contribution >= 0.6 is 0 Å². The van der Waals surface area contributed by atoms with E-state index in [1.807, 2.05) is 24.3 Å². The van der Waals surface area contributed by atoms with Crippen LogP contribution in [0.15, 0.2) is 102 Å². The summed E-state index contributed by atoms with van der Waals surface area (Å²) in [5.41, 5.74) is 1.74. The molecule has 9 heteroatoms. The SMILES string of the molecule is O=C(Nc1ccc(CC(C(=O)NS(=O)(=O)c2ccc3ccccc3c2)C(=O)N2CCCCC2)cc1)c1ccccc1. The van der Waals surface area contributed by atoms with Crippen molar-refractivity contribution in [1.82, 2.24) is 9.62 Å². The first kappa shape index (κ1) is 28.0. The van der Waals surface area contributed by atoms with E-state index in [-0.39, 0.29) is 17.2 Å². The number of rotatable bonds is 8. The molecule has 4 aromatic rings. The van der Waals surface area contributed by atoms with Gasteiger partial charge in [-0.2, -0.15) is 0 Å². The maximum absolute atomic E-state index is 13.5. The van der Waals surface area contributed by atoms with E-state index >= 15 is 0 Å². The van der Waals surface area contributed by atoms with Crippen LogP contribution in [-0.2, 0) is 26.0 Å². The lowest BCUT2D eigenvalue weighted by molar-refractivity contribution is -0.142. The molecule has 1 aliphatic heterocycles. The number of nitrogens with one attached hydrogen (secondary N) is 2. The van der Waals surface area contributed by atoms with Crippen LogP contribution in [0.4, 0.5) is 5.69 Å². The Hall–Kier alpha value is -4.50. The number of hydrogen-bond acceptors (Lipinski definition) is 5. The summed E-state index contributed by atoms with van der Waals surface area (Å²) in [6, 6.07) is 27.6. The monoisotopic (exact) mass is 569 g/mol. The number of benzene rings is 4. The summed E-state index contributed by atoms with van der Waals surface area (Å²) < 4.78 is 28.6. The lowest BCUT2D eigenvalue weighted by Gasteiger charge is -2.30. The van der Waals surface area contributed by atoms with Crippen LogP contribution in [0.1, 0.15) is 35.2 Å². The predicted molar refractivity (Wildman–Crippen MR) is 158 cm³/mol. The zero-order chi connectivity index (χ0) is 28.8. The third kappa shape index (κ3) is 6.81. The molecule has 0 bridgehead atoms. The standard InChI is InChI=1S/C32H31N3O5S/c36-30(25-10-3-1-4-11-25)33-27-16-13-23(14-17-27)21-29(32(38)35-19-7-2-8-20-35)31(37)34-41(39,40)28-18-15-24-9-5-6-12-26(24)22-28/h1,3-6,9-18,22,29H,2,7-8,19-21H2,(H,33,36)(H,34,37). The highest BCUT2D eigenvalue weighted by molar-refractivity contribution is 7.90. The number of fused-ring (bicyclic) bond motifs is 1. The lowest BCUT2D eigenvalue weighted by Crippen LogP contribution is -2.47. The molecule has 0 aliphatic carbocycles. The number of carbonyl (C=O) groups excluding carboxylic acids is 3. The Bertz CT molecular complexity index is 1660. The van der Waals surface area contributed by atoms with E-state index in [1.165, 1.54) is 12.1 Å². The Kier molecular flexibility index (Phi) is 8.45. The van der Waals surface area contributed by atoms with Crippen molar-refractivity contribution < 1.29 is 22.8 Å². The van der Waals surface area contributed by atoms with E-state index in [9.17, 15) is 22.8 Å². The number of sulfonamides is 1. The predicted octanol–water partition coefficient (Wildman–Crippen LogP) is 4.77. The van der Waals surface area contributed by atoms with Crippen LogP contribution in [0.25, 0.3) is 10.8 Å². The summed E-state index contributed by atoms with van der Waals surface area (Å²) in [5.74, 6) is -2.74. The molecule has 1 atom stereocenters. The van der Waals surface area contributed by atoms with Crippen molar-refractivity contribution in [2.45, 2.75) is 30.6 Å². The van der Waals surface area contributed by atoms with Gasteiger partial charge in [0.25, 0.3) is 15.9 Å². The highest BCUT2D eigenvalue weighted by Crippen LogP contribution is 2.22. The number of hydrogen-bond donors (Lipinski definition) is 2. The van der Waals surface area contributed by atoms with Gasteiger partial charge in [-0.15, -0.1) is 0 Å². The van der Waals surface area contributed by atoms with Gasteiger partial charge in [0.1, 0.15) is 5.92 Å². The van der Waals surface area contributed by atoms with E-state index < -0.39 is 27.8 Å². The third-order valence-electron chi connectivity index (χ3n) is 7.24. The van der Waals surface area contributed by atoms with Gasteiger partial charge in [-0.25, -0.2) is 13.1 Å². The van der Waals surface area contributed by atoms with E-state index in [4.69, 9.17) is 0 Å². The minimum absolute atomic E-state index is 0.0152. The van der Waals surface area contributed by atoms with Gasteiger partial charge in [-0.1, -0.05) is 60.7 Å². The normalized spacial score (nSPS) is 14.3. The van der Waals surface area contributed by atoms with E-state index in [2.05, 4.69) is 10.0 Å². The quantitative estimate of drug-likeness (QED) is 0.297. The Morgan fingerprint density at radius 3 is 2.12 bits per heavy atom. The molecule has 8 nitrogen and oxygen atoms in total. The van der Waals surface area contributed by atoms with Crippen molar-refractivity contribution in [2.24, 2.45) is 5.92 Å². The van der Waals surface area contributed by atoms with Gasteiger partial charge < -0.3 is 10.2 Å². The van der Waals surface area contributed by atoms with Gasteiger partial charge in [-0.3, -0.25) is 14.4 Å². The molecular formula is C32H31N3O5S. The number of likely N-dealkylation sites (tertiary alicyclic amines) is 1. The third-order valence-corrected chi connectivity index (χ3v) is 8.58. The molecule has 0 spiro atoms. The molecular weight excluding hydrogens is 538 g/mol. The maximum atomic E-state index is 13.5. The van der Waals surface area contributed by atoms with Crippen molar-refractivity contribution in [3.05, 3.63) is 108 Å². The second-order valence-corrected chi connectivity index (χ2v) is 11.8. The van der Waals surface area contributed by atoms with Crippen LogP contribution in [0.2, 0.25) is 0 Å². The fourth-order valence-corrected chi connectivity index (χ4v) is 6.03. The van der Waals surface area contributed by atoms with E-state index in [0.717, 1.165) is 30.0 Å². The second kappa shape index (κ2) is 12.3. The molecule has 3 amide bonds. The molecule has 1 aliphatic rings. The van der Waals surface area contributed by atoms with Crippen LogP contribution in [0, 0.1) is 5.92 Å². The van der Waals surface area contributed by atoms with Crippen LogP contribution in [0.3, 0.4) is 0 Å². The van der Waals surface area contributed by atoms with E-state index in [0.29, 0.717) is 29.9 Å². The highest BCUT2D eigenvalue weighted by Gasteiger charge is 2.34. The molecule has 210 valence electrons. The number of nitrogens with zero attached hydrogens (tertiary/aromatic N) is 1. The summed E-state index contributed by atoms with van der Waals surface area (Å²) >= 11 is 0. The molecule has 5 rings (SSSR count). The largest absolute Gasteiger partial charge is 0.342 e. The van der Waals surface area contributed by atoms with E-state index in [1.54, 1.807) is 65.6 Å². The minimum atomic E-state index is -4.22. The van der Waals surface area contributed by atoms with Gasteiger partial charge in [-0.05, 0) is 78.4 Å². The molecule has 0 saturated carbocycles. The minimum Gasteiger partial charge on any atom is -0.342 e.